The molecule has 0 spiro atoms. The van der Waals surface area contributed by atoms with Crippen molar-refractivity contribution in [3.63, 3.8) is 0 Å². The molecule has 1 rings (SSSR count). The Bertz CT molecular complexity index is 296. The first-order valence-electron chi connectivity index (χ1n) is 7.34. The standard InChI is InChI=1S/C15H29NO2S/c1-11(2)15(3)8-5-6-12(10-15)18-14(17)13(16)7-9-19-4/h11-13H,5-10,16H2,1-4H3/t12?,13-,15?/m0/s1. The van der Waals surface area contributed by atoms with Gasteiger partial charge >= 0.3 is 5.97 Å². The molecule has 0 bridgehead atoms. The SMILES string of the molecule is CSCC[C@H](N)C(=O)OC1CCCC(C)(C(C)C)C1. The molecule has 4 heteroatoms. The molecule has 0 amide bonds. The first-order chi connectivity index (χ1) is 8.89. The topological polar surface area (TPSA) is 52.3 Å². The van der Waals surface area contributed by atoms with Crippen LogP contribution >= 0.6 is 11.8 Å². The highest BCUT2D eigenvalue weighted by Crippen LogP contribution is 2.42. The molecule has 1 saturated carbocycles. The Hall–Kier alpha value is -0.220. The van der Waals surface area contributed by atoms with Gasteiger partial charge in [-0.15, -0.1) is 0 Å². The molecule has 19 heavy (non-hydrogen) atoms. The van der Waals surface area contributed by atoms with E-state index < -0.39 is 6.04 Å². The summed E-state index contributed by atoms with van der Waals surface area (Å²) in [6.45, 7) is 6.83. The first-order valence-corrected chi connectivity index (χ1v) is 8.73. The molecule has 2 unspecified atom stereocenters. The zero-order chi connectivity index (χ0) is 14.5. The average molecular weight is 287 g/mol. The van der Waals surface area contributed by atoms with E-state index in [1.54, 1.807) is 11.8 Å². The monoisotopic (exact) mass is 287 g/mol. The largest absolute Gasteiger partial charge is 0.461 e. The van der Waals surface area contributed by atoms with Gasteiger partial charge in [-0.05, 0) is 55.4 Å². The van der Waals surface area contributed by atoms with Gasteiger partial charge in [0.2, 0.25) is 0 Å². The van der Waals surface area contributed by atoms with Gasteiger partial charge in [0.15, 0.2) is 0 Å². The number of hydrogen-bond acceptors (Lipinski definition) is 4. The van der Waals surface area contributed by atoms with Gasteiger partial charge in [0.25, 0.3) is 0 Å². The Balaban J connectivity index is 2.46. The van der Waals surface area contributed by atoms with Gasteiger partial charge in [-0.1, -0.05) is 20.8 Å². The molecule has 0 saturated heterocycles. The first kappa shape index (κ1) is 16.8. The minimum atomic E-state index is -0.459. The van der Waals surface area contributed by atoms with E-state index in [9.17, 15) is 4.79 Å². The van der Waals surface area contributed by atoms with Crippen LogP contribution in [-0.4, -0.2) is 30.1 Å². The summed E-state index contributed by atoms with van der Waals surface area (Å²) in [5.41, 5.74) is 6.16. The molecule has 1 fully saturated rings. The maximum Gasteiger partial charge on any atom is 0.323 e. The van der Waals surface area contributed by atoms with Crippen LogP contribution in [0.4, 0.5) is 0 Å². The van der Waals surface area contributed by atoms with Crippen molar-refractivity contribution in [1.29, 1.82) is 0 Å². The quantitative estimate of drug-likeness (QED) is 0.762. The summed E-state index contributed by atoms with van der Waals surface area (Å²) >= 11 is 1.71. The number of ether oxygens (including phenoxy) is 1. The van der Waals surface area contributed by atoms with E-state index >= 15 is 0 Å². The molecule has 0 aromatic rings. The van der Waals surface area contributed by atoms with Crippen LogP contribution in [0, 0.1) is 11.3 Å². The van der Waals surface area contributed by atoms with Gasteiger partial charge in [-0.2, -0.15) is 11.8 Å². The van der Waals surface area contributed by atoms with Gasteiger partial charge in [-0.25, -0.2) is 0 Å². The molecule has 0 aliphatic heterocycles. The number of hydrogen-bond donors (Lipinski definition) is 1. The fraction of sp³-hybridized carbons (Fsp3) is 0.933. The van der Waals surface area contributed by atoms with Gasteiger partial charge < -0.3 is 10.5 Å². The highest BCUT2D eigenvalue weighted by Gasteiger charge is 2.36. The fourth-order valence-electron chi connectivity index (χ4n) is 2.70. The lowest BCUT2D eigenvalue weighted by Crippen LogP contribution is -2.40. The van der Waals surface area contributed by atoms with Crippen molar-refractivity contribution >= 4 is 17.7 Å². The summed E-state index contributed by atoms with van der Waals surface area (Å²) in [7, 11) is 0. The summed E-state index contributed by atoms with van der Waals surface area (Å²) in [5, 5.41) is 0. The number of nitrogens with two attached hydrogens (primary N) is 1. The van der Waals surface area contributed by atoms with E-state index in [-0.39, 0.29) is 12.1 Å². The minimum absolute atomic E-state index is 0.0639. The zero-order valence-electron chi connectivity index (χ0n) is 12.8. The van der Waals surface area contributed by atoms with E-state index in [1.165, 1.54) is 6.42 Å². The highest BCUT2D eigenvalue weighted by molar-refractivity contribution is 7.98. The third-order valence-corrected chi connectivity index (χ3v) is 5.22. The second-order valence-electron chi connectivity index (χ2n) is 6.35. The number of carbonyl (C=O) groups excluding carboxylic acids is 1. The Labute approximate surface area is 122 Å². The zero-order valence-corrected chi connectivity index (χ0v) is 13.6. The summed E-state index contributed by atoms with van der Waals surface area (Å²) in [5.74, 6) is 1.32. The number of rotatable bonds is 6. The lowest BCUT2D eigenvalue weighted by atomic mass is 9.67. The van der Waals surface area contributed by atoms with Crippen LogP contribution < -0.4 is 5.73 Å². The number of esters is 1. The summed E-state index contributed by atoms with van der Waals surface area (Å²) < 4.78 is 5.62. The fourth-order valence-corrected chi connectivity index (χ4v) is 3.19. The van der Waals surface area contributed by atoms with E-state index in [1.807, 2.05) is 6.26 Å². The van der Waals surface area contributed by atoms with E-state index in [0.717, 1.165) is 25.0 Å². The smallest absolute Gasteiger partial charge is 0.323 e. The molecule has 112 valence electrons. The molecule has 1 aliphatic carbocycles. The molecule has 3 nitrogen and oxygen atoms in total. The molecule has 0 aromatic heterocycles. The second-order valence-corrected chi connectivity index (χ2v) is 7.34. The summed E-state index contributed by atoms with van der Waals surface area (Å²) in [6.07, 6.45) is 7.13. The predicted molar refractivity (Wildman–Crippen MR) is 82.3 cm³/mol. The van der Waals surface area contributed by atoms with Crippen molar-refractivity contribution in [2.75, 3.05) is 12.0 Å². The predicted octanol–water partition coefficient (Wildman–Crippen LogP) is 3.21. The van der Waals surface area contributed by atoms with Gasteiger partial charge in [0.1, 0.15) is 12.1 Å². The van der Waals surface area contributed by atoms with Crippen LogP contribution in [0.15, 0.2) is 0 Å². The Morgan fingerprint density at radius 3 is 2.79 bits per heavy atom. The lowest BCUT2D eigenvalue weighted by molar-refractivity contribution is -0.154. The van der Waals surface area contributed by atoms with Crippen LogP contribution in [0.5, 0.6) is 0 Å². The highest BCUT2D eigenvalue weighted by atomic mass is 32.2. The van der Waals surface area contributed by atoms with Crippen molar-refractivity contribution < 1.29 is 9.53 Å². The number of carbonyl (C=O) groups is 1. The van der Waals surface area contributed by atoms with Crippen LogP contribution in [0.1, 0.15) is 52.9 Å². The minimum Gasteiger partial charge on any atom is -0.461 e. The Morgan fingerprint density at radius 1 is 1.53 bits per heavy atom. The molecule has 0 aromatic carbocycles. The molecule has 1 aliphatic rings. The van der Waals surface area contributed by atoms with Crippen LogP contribution in [0.3, 0.4) is 0 Å². The van der Waals surface area contributed by atoms with Crippen molar-refractivity contribution in [2.24, 2.45) is 17.1 Å². The third-order valence-electron chi connectivity index (χ3n) is 4.58. The normalized spacial score (nSPS) is 29.3. The van der Waals surface area contributed by atoms with E-state index in [2.05, 4.69) is 20.8 Å². The van der Waals surface area contributed by atoms with Gasteiger partial charge in [-0.3, -0.25) is 4.79 Å². The Morgan fingerprint density at radius 2 is 2.21 bits per heavy atom. The van der Waals surface area contributed by atoms with Crippen LogP contribution in [-0.2, 0) is 9.53 Å². The second kappa shape index (κ2) is 7.53. The summed E-state index contributed by atoms with van der Waals surface area (Å²) in [6, 6.07) is -0.459. The molecular formula is C15H29NO2S. The van der Waals surface area contributed by atoms with Crippen molar-refractivity contribution in [1.82, 2.24) is 0 Å². The molecule has 2 N–H and O–H groups in total. The number of thioether (sulfide) groups is 1. The van der Waals surface area contributed by atoms with Crippen molar-refractivity contribution in [3.8, 4) is 0 Å². The maximum atomic E-state index is 11.9. The Kier molecular flexibility index (Phi) is 6.67. The van der Waals surface area contributed by atoms with Crippen LogP contribution in [0.25, 0.3) is 0 Å². The lowest BCUT2D eigenvalue weighted by Gasteiger charge is -2.41. The third kappa shape index (κ3) is 4.99. The van der Waals surface area contributed by atoms with Crippen molar-refractivity contribution in [2.45, 2.75) is 65.0 Å². The molecule has 3 atom stereocenters. The molecule has 0 heterocycles. The summed E-state index contributed by atoms with van der Waals surface area (Å²) in [4.78, 5) is 11.9. The maximum absolute atomic E-state index is 11.9. The van der Waals surface area contributed by atoms with E-state index in [4.69, 9.17) is 10.5 Å². The molecule has 0 radical (unpaired) electrons. The van der Waals surface area contributed by atoms with Gasteiger partial charge in [0.05, 0.1) is 0 Å². The van der Waals surface area contributed by atoms with Crippen LogP contribution in [0.2, 0.25) is 0 Å². The average Bonchev–Trinajstić information content (AvgIpc) is 2.35. The molecular weight excluding hydrogens is 258 g/mol. The van der Waals surface area contributed by atoms with Crippen molar-refractivity contribution in [3.05, 3.63) is 0 Å². The van der Waals surface area contributed by atoms with Gasteiger partial charge in [0, 0.05) is 0 Å². The van der Waals surface area contributed by atoms with E-state index in [0.29, 0.717) is 17.8 Å².